The fraction of sp³-hybridized carbons (Fsp3) is 0.0909. The molecule has 0 saturated heterocycles. The monoisotopic (exact) mass is 175 g/mol. The average Bonchev–Trinajstić information content (AvgIpc) is 2.16. The highest BCUT2D eigenvalue weighted by molar-refractivity contribution is 5.81. The third-order valence-electron chi connectivity index (χ3n) is 1.57. The third kappa shape index (κ3) is 3.11. The van der Waals surface area contributed by atoms with Crippen molar-refractivity contribution >= 4 is 5.97 Å². The first kappa shape index (κ1) is 9.52. The Morgan fingerprint density at radius 3 is 2.54 bits per heavy atom. The Morgan fingerprint density at radius 1 is 1.38 bits per heavy atom. The van der Waals surface area contributed by atoms with Gasteiger partial charge < -0.3 is 4.74 Å². The minimum atomic E-state index is -0.404. The van der Waals surface area contributed by atoms with Crippen molar-refractivity contribution in [3.63, 3.8) is 0 Å². The van der Waals surface area contributed by atoms with Crippen LogP contribution in [0.15, 0.2) is 36.9 Å². The fourth-order valence-electron chi connectivity index (χ4n) is 0.849. The van der Waals surface area contributed by atoms with Crippen LogP contribution in [-0.2, 0) is 16.1 Å². The Hall–Kier alpha value is -1.57. The summed E-state index contributed by atoms with van der Waals surface area (Å²) in [5.74, 6) is -0.404. The summed E-state index contributed by atoms with van der Waals surface area (Å²) in [6, 6.07) is 7.49. The molecule has 0 atom stereocenters. The maximum Gasteiger partial charge on any atom is 0.330 e. The van der Waals surface area contributed by atoms with E-state index in [1.165, 1.54) is 0 Å². The van der Waals surface area contributed by atoms with Gasteiger partial charge in [0.15, 0.2) is 0 Å². The fourth-order valence-corrected chi connectivity index (χ4v) is 0.849. The first-order chi connectivity index (χ1) is 6.22. The van der Waals surface area contributed by atoms with Crippen molar-refractivity contribution in [2.45, 2.75) is 6.61 Å². The van der Waals surface area contributed by atoms with Crippen LogP contribution in [0.25, 0.3) is 0 Å². The first-order valence-corrected chi connectivity index (χ1v) is 3.92. The van der Waals surface area contributed by atoms with Crippen LogP contribution in [0.1, 0.15) is 11.1 Å². The van der Waals surface area contributed by atoms with Gasteiger partial charge in [0.2, 0.25) is 0 Å². The number of hydrogen-bond acceptors (Lipinski definition) is 2. The second-order valence-electron chi connectivity index (χ2n) is 2.63. The summed E-state index contributed by atoms with van der Waals surface area (Å²) < 4.78 is 4.84. The Morgan fingerprint density at radius 2 is 2.00 bits per heavy atom. The average molecular weight is 175 g/mol. The lowest BCUT2D eigenvalue weighted by Gasteiger charge is -2.01. The lowest BCUT2D eigenvalue weighted by atomic mass is 10.2. The van der Waals surface area contributed by atoms with Crippen molar-refractivity contribution < 1.29 is 9.53 Å². The molecule has 1 rings (SSSR count). The van der Waals surface area contributed by atoms with Crippen LogP contribution < -0.4 is 0 Å². The number of carbonyl (C=O) groups excluding carboxylic acids is 1. The van der Waals surface area contributed by atoms with E-state index in [9.17, 15) is 4.79 Å². The Balaban J connectivity index is 2.50. The van der Waals surface area contributed by atoms with Crippen molar-refractivity contribution in [3.8, 4) is 0 Å². The summed E-state index contributed by atoms with van der Waals surface area (Å²) in [4.78, 5) is 10.7. The number of carbonyl (C=O) groups is 1. The molecule has 0 aliphatic rings. The second-order valence-corrected chi connectivity index (χ2v) is 2.63. The molecule has 13 heavy (non-hydrogen) atoms. The Labute approximate surface area is 77.8 Å². The molecule has 0 spiro atoms. The van der Waals surface area contributed by atoms with Crippen LogP contribution in [0, 0.1) is 6.92 Å². The van der Waals surface area contributed by atoms with Gasteiger partial charge in [0.1, 0.15) is 6.61 Å². The molecular weight excluding hydrogens is 164 g/mol. The van der Waals surface area contributed by atoms with Crippen LogP contribution in [0.5, 0.6) is 0 Å². The van der Waals surface area contributed by atoms with E-state index in [2.05, 4.69) is 13.5 Å². The molecule has 0 saturated carbocycles. The highest BCUT2D eigenvalue weighted by Gasteiger charge is 1.96. The van der Waals surface area contributed by atoms with Crippen LogP contribution in [-0.4, -0.2) is 5.97 Å². The Kier molecular flexibility index (Phi) is 3.26. The van der Waals surface area contributed by atoms with E-state index in [0.717, 1.165) is 17.2 Å². The molecule has 0 N–H and O–H groups in total. The number of benzene rings is 1. The van der Waals surface area contributed by atoms with E-state index in [0.29, 0.717) is 0 Å². The summed E-state index contributed by atoms with van der Waals surface area (Å²) in [7, 11) is 0. The molecular formula is C11H11O2. The second kappa shape index (κ2) is 4.45. The molecule has 0 fully saturated rings. The molecule has 0 aromatic heterocycles. The normalized spacial score (nSPS) is 9.31. The van der Waals surface area contributed by atoms with E-state index in [1.54, 1.807) is 0 Å². The molecule has 2 heteroatoms. The van der Waals surface area contributed by atoms with E-state index < -0.39 is 5.97 Å². The van der Waals surface area contributed by atoms with Gasteiger partial charge in [0.05, 0.1) is 0 Å². The first-order valence-electron chi connectivity index (χ1n) is 3.92. The van der Waals surface area contributed by atoms with Crippen LogP contribution in [0.3, 0.4) is 0 Å². The van der Waals surface area contributed by atoms with Crippen LogP contribution >= 0.6 is 0 Å². The summed E-state index contributed by atoms with van der Waals surface area (Å²) >= 11 is 0. The zero-order valence-corrected chi connectivity index (χ0v) is 7.32. The van der Waals surface area contributed by atoms with Gasteiger partial charge in [-0.1, -0.05) is 30.8 Å². The van der Waals surface area contributed by atoms with Gasteiger partial charge in [-0.25, -0.2) is 4.79 Å². The molecule has 0 amide bonds. The van der Waals surface area contributed by atoms with Crippen LogP contribution in [0.2, 0.25) is 0 Å². The number of rotatable bonds is 3. The van der Waals surface area contributed by atoms with Crippen molar-refractivity contribution in [1.82, 2.24) is 0 Å². The predicted octanol–water partition coefficient (Wildman–Crippen LogP) is 2.10. The SMILES string of the molecule is [CH2]c1ccc(COC(=O)C=C)cc1. The zero-order chi connectivity index (χ0) is 9.68. The molecule has 1 aromatic carbocycles. The van der Waals surface area contributed by atoms with Crippen molar-refractivity contribution in [3.05, 3.63) is 55.0 Å². The van der Waals surface area contributed by atoms with Gasteiger partial charge in [-0.2, -0.15) is 0 Å². The van der Waals surface area contributed by atoms with Gasteiger partial charge in [0, 0.05) is 6.08 Å². The number of ether oxygens (including phenoxy) is 1. The molecule has 0 heterocycles. The highest BCUT2D eigenvalue weighted by atomic mass is 16.5. The number of hydrogen-bond donors (Lipinski definition) is 0. The molecule has 1 aromatic rings. The largest absolute Gasteiger partial charge is 0.458 e. The molecule has 0 bridgehead atoms. The quantitative estimate of drug-likeness (QED) is 0.519. The van der Waals surface area contributed by atoms with Crippen molar-refractivity contribution in [2.24, 2.45) is 0 Å². The van der Waals surface area contributed by atoms with Gasteiger partial charge in [-0.3, -0.25) is 0 Å². The van der Waals surface area contributed by atoms with Crippen molar-refractivity contribution in [1.29, 1.82) is 0 Å². The maximum absolute atomic E-state index is 10.7. The van der Waals surface area contributed by atoms with Crippen LogP contribution in [0.4, 0.5) is 0 Å². The standard InChI is InChI=1S/C11H11O2/c1-3-11(12)13-8-10-6-4-9(2)5-7-10/h3-7H,1-2,8H2. The number of esters is 1. The minimum Gasteiger partial charge on any atom is -0.458 e. The Bertz CT molecular complexity index is 298. The van der Waals surface area contributed by atoms with E-state index in [1.807, 2.05) is 24.3 Å². The topological polar surface area (TPSA) is 26.3 Å². The predicted molar refractivity (Wildman–Crippen MR) is 50.9 cm³/mol. The molecule has 67 valence electrons. The van der Waals surface area contributed by atoms with E-state index >= 15 is 0 Å². The summed E-state index contributed by atoms with van der Waals surface area (Å²) in [6.07, 6.45) is 1.15. The molecule has 0 aliphatic carbocycles. The van der Waals surface area contributed by atoms with Crippen molar-refractivity contribution in [2.75, 3.05) is 0 Å². The molecule has 1 radical (unpaired) electrons. The lowest BCUT2D eigenvalue weighted by molar-refractivity contribution is -0.138. The minimum absolute atomic E-state index is 0.283. The summed E-state index contributed by atoms with van der Waals surface area (Å²) in [6.45, 7) is 7.33. The lowest BCUT2D eigenvalue weighted by Crippen LogP contribution is -1.99. The van der Waals surface area contributed by atoms with Gasteiger partial charge in [-0.15, -0.1) is 0 Å². The van der Waals surface area contributed by atoms with E-state index in [-0.39, 0.29) is 6.61 Å². The molecule has 0 aliphatic heterocycles. The zero-order valence-electron chi connectivity index (χ0n) is 7.32. The third-order valence-corrected chi connectivity index (χ3v) is 1.57. The smallest absolute Gasteiger partial charge is 0.330 e. The summed E-state index contributed by atoms with van der Waals surface area (Å²) in [5, 5.41) is 0. The van der Waals surface area contributed by atoms with Gasteiger partial charge in [0.25, 0.3) is 0 Å². The highest BCUT2D eigenvalue weighted by Crippen LogP contribution is 2.04. The van der Waals surface area contributed by atoms with E-state index in [4.69, 9.17) is 4.74 Å². The summed E-state index contributed by atoms with van der Waals surface area (Å²) in [5.41, 5.74) is 1.89. The van der Waals surface area contributed by atoms with Gasteiger partial charge in [-0.05, 0) is 18.1 Å². The maximum atomic E-state index is 10.7. The molecule has 2 nitrogen and oxygen atoms in total. The van der Waals surface area contributed by atoms with Gasteiger partial charge >= 0.3 is 5.97 Å². The molecule has 0 unspecified atom stereocenters.